The van der Waals surface area contributed by atoms with Gasteiger partial charge >= 0.3 is 0 Å². The molecule has 0 aromatic heterocycles. The molecule has 1 aliphatic rings. The van der Waals surface area contributed by atoms with E-state index in [0.29, 0.717) is 11.7 Å². The lowest BCUT2D eigenvalue weighted by Gasteiger charge is -2.16. The quantitative estimate of drug-likeness (QED) is 0.480. The molecule has 28 heavy (non-hydrogen) atoms. The molecule has 2 aromatic carbocycles. The molecule has 1 aliphatic heterocycles. The van der Waals surface area contributed by atoms with Gasteiger partial charge < -0.3 is 4.74 Å². The molecular formula is C22H25N3O2S. The van der Waals surface area contributed by atoms with Crippen LogP contribution in [0.5, 0.6) is 5.75 Å². The van der Waals surface area contributed by atoms with E-state index in [1.807, 2.05) is 54.6 Å². The summed E-state index contributed by atoms with van der Waals surface area (Å²) in [5, 5.41) is 9.17. The fourth-order valence-electron chi connectivity index (χ4n) is 2.90. The predicted molar refractivity (Wildman–Crippen MR) is 116 cm³/mol. The molecule has 0 aliphatic carbocycles. The Bertz CT molecular complexity index is 835. The fourth-order valence-corrected chi connectivity index (χ4v) is 4.05. The molecule has 1 fully saturated rings. The summed E-state index contributed by atoms with van der Waals surface area (Å²) in [7, 11) is 1.64. The molecule has 1 amide bonds. The Balaban J connectivity index is 1.78. The molecule has 0 radical (unpaired) electrons. The zero-order chi connectivity index (χ0) is 19.8. The van der Waals surface area contributed by atoms with Gasteiger partial charge in [0.25, 0.3) is 0 Å². The highest BCUT2D eigenvalue weighted by atomic mass is 32.2. The number of hydrogen-bond donors (Lipinski definition) is 0. The van der Waals surface area contributed by atoms with Gasteiger partial charge in [0.1, 0.15) is 5.75 Å². The van der Waals surface area contributed by atoms with Crippen molar-refractivity contribution in [1.82, 2.24) is 4.90 Å². The van der Waals surface area contributed by atoms with Crippen LogP contribution < -0.4 is 4.74 Å². The van der Waals surface area contributed by atoms with Crippen LogP contribution in [0.2, 0.25) is 0 Å². The Hall–Kier alpha value is -2.60. The van der Waals surface area contributed by atoms with Crippen LogP contribution in [0.1, 0.15) is 37.3 Å². The first-order chi connectivity index (χ1) is 13.7. The van der Waals surface area contributed by atoms with Crippen molar-refractivity contribution in [2.75, 3.05) is 7.11 Å². The Kier molecular flexibility index (Phi) is 7.25. The summed E-state index contributed by atoms with van der Waals surface area (Å²) in [5.74, 6) is 0.913. The number of unbranched alkanes of at least 4 members (excludes halogenated alkanes) is 1. The summed E-state index contributed by atoms with van der Waals surface area (Å²) in [5.41, 5.74) is 2.01. The van der Waals surface area contributed by atoms with Crippen molar-refractivity contribution in [1.29, 1.82) is 0 Å². The van der Waals surface area contributed by atoms with Crippen LogP contribution in [0.15, 0.2) is 64.8 Å². The van der Waals surface area contributed by atoms with Gasteiger partial charge in [0.05, 0.1) is 25.1 Å². The largest absolute Gasteiger partial charge is 0.497 e. The maximum absolute atomic E-state index is 12.9. The van der Waals surface area contributed by atoms with Gasteiger partial charge in [-0.2, -0.15) is 5.10 Å². The molecule has 0 saturated carbocycles. The van der Waals surface area contributed by atoms with E-state index in [1.54, 1.807) is 18.2 Å². The molecule has 0 unspecified atom stereocenters. The van der Waals surface area contributed by atoms with E-state index in [0.717, 1.165) is 36.1 Å². The summed E-state index contributed by atoms with van der Waals surface area (Å²) < 4.78 is 5.21. The highest BCUT2D eigenvalue weighted by molar-refractivity contribution is 8.15. The predicted octanol–water partition coefficient (Wildman–Crippen LogP) is 4.72. The van der Waals surface area contributed by atoms with Crippen LogP contribution in [0, 0.1) is 0 Å². The molecule has 2 aromatic rings. The first-order valence-electron chi connectivity index (χ1n) is 9.48. The number of hydrogen-bond acceptors (Lipinski definition) is 5. The van der Waals surface area contributed by atoms with Crippen LogP contribution in [-0.2, 0) is 11.3 Å². The molecule has 0 N–H and O–H groups in total. The Morgan fingerprint density at radius 2 is 1.89 bits per heavy atom. The maximum Gasteiger partial charge on any atom is 0.242 e. The second-order valence-corrected chi connectivity index (χ2v) is 7.73. The van der Waals surface area contributed by atoms with Crippen molar-refractivity contribution >= 4 is 29.1 Å². The number of carbonyl (C=O) groups is 1. The molecule has 3 rings (SSSR count). The van der Waals surface area contributed by atoms with Gasteiger partial charge in [-0.3, -0.25) is 9.69 Å². The average molecular weight is 396 g/mol. The Labute approximate surface area is 170 Å². The highest BCUT2D eigenvalue weighted by Gasteiger charge is 2.37. The molecule has 0 spiro atoms. The van der Waals surface area contributed by atoms with Crippen molar-refractivity contribution < 1.29 is 9.53 Å². The SMILES string of the molecule is CCCC[C@H]1S/C(=N/N=C\c2ccccc2)N(Cc2ccc(OC)cc2)C1=O. The normalized spacial score (nSPS) is 18.4. The van der Waals surface area contributed by atoms with Crippen LogP contribution in [0.3, 0.4) is 0 Å². The van der Waals surface area contributed by atoms with Gasteiger partial charge in [-0.25, -0.2) is 0 Å². The van der Waals surface area contributed by atoms with Gasteiger partial charge in [0, 0.05) is 0 Å². The maximum atomic E-state index is 12.9. The minimum atomic E-state index is -0.0797. The van der Waals surface area contributed by atoms with Crippen molar-refractivity contribution in [3.05, 3.63) is 65.7 Å². The molecule has 1 saturated heterocycles. The molecule has 1 atom stereocenters. The number of methoxy groups -OCH3 is 1. The standard InChI is InChI=1S/C22H25N3O2S/c1-3-4-10-20-21(26)25(16-18-11-13-19(27-2)14-12-18)22(28-20)24-23-15-17-8-6-5-7-9-17/h5-9,11-15,20H,3-4,10,16H2,1-2H3/b23-15-,24-22+/t20-/m1/s1. The third kappa shape index (κ3) is 5.23. The third-order valence-electron chi connectivity index (χ3n) is 4.49. The first kappa shape index (κ1) is 20.1. The van der Waals surface area contributed by atoms with E-state index in [1.165, 1.54) is 11.8 Å². The molecule has 1 heterocycles. The second kappa shape index (κ2) is 10.1. The summed E-state index contributed by atoms with van der Waals surface area (Å²) in [4.78, 5) is 14.7. The van der Waals surface area contributed by atoms with E-state index in [-0.39, 0.29) is 11.2 Å². The van der Waals surface area contributed by atoms with E-state index in [9.17, 15) is 4.79 Å². The number of benzene rings is 2. The van der Waals surface area contributed by atoms with E-state index in [4.69, 9.17) is 4.74 Å². The van der Waals surface area contributed by atoms with Gasteiger partial charge in [-0.15, -0.1) is 5.10 Å². The van der Waals surface area contributed by atoms with Crippen molar-refractivity contribution in [3.8, 4) is 5.75 Å². The second-order valence-electron chi connectivity index (χ2n) is 6.56. The van der Waals surface area contributed by atoms with Crippen LogP contribution in [0.4, 0.5) is 0 Å². The van der Waals surface area contributed by atoms with E-state index in [2.05, 4.69) is 17.1 Å². The van der Waals surface area contributed by atoms with Crippen molar-refractivity contribution in [3.63, 3.8) is 0 Å². The minimum Gasteiger partial charge on any atom is -0.497 e. The van der Waals surface area contributed by atoms with Crippen LogP contribution in [-0.4, -0.2) is 34.5 Å². The van der Waals surface area contributed by atoms with Crippen LogP contribution in [0.25, 0.3) is 0 Å². The van der Waals surface area contributed by atoms with Crippen LogP contribution >= 0.6 is 11.8 Å². The zero-order valence-electron chi connectivity index (χ0n) is 16.2. The lowest BCUT2D eigenvalue weighted by Crippen LogP contribution is -2.31. The smallest absolute Gasteiger partial charge is 0.242 e. The number of rotatable bonds is 8. The molecule has 0 bridgehead atoms. The average Bonchev–Trinajstić information content (AvgIpc) is 3.02. The Morgan fingerprint density at radius 1 is 1.14 bits per heavy atom. The Morgan fingerprint density at radius 3 is 2.57 bits per heavy atom. The lowest BCUT2D eigenvalue weighted by atomic mass is 10.1. The summed E-state index contributed by atoms with van der Waals surface area (Å²) >= 11 is 1.52. The highest BCUT2D eigenvalue weighted by Crippen LogP contribution is 2.32. The number of thioether (sulfide) groups is 1. The molecule has 5 nitrogen and oxygen atoms in total. The van der Waals surface area contributed by atoms with Gasteiger partial charge in [-0.1, -0.05) is 74.0 Å². The lowest BCUT2D eigenvalue weighted by molar-refractivity contribution is -0.126. The van der Waals surface area contributed by atoms with E-state index < -0.39 is 0 Å². The number of carbonyl (C=O) groups excluding carboxylic acids is 1. The fraction of sp³-hybridized carbons (Fsp3) is 0.318. The van der Waals surface area contributed by atoms with Gasteiger partial charge in [-0.05, 0) is 29.7 Å². The zero-order valence-corrected chi connectivity index (χ0v) is 17.1. The van der Waals surface area contributed by atoms with Crippen molar-refractivity contribution in [2.45, 2.75) is 38.0 Å². The van der Waals surface area contributed by atoms with Gasteiger partial charge in [0.15, 0.2) is 5.17 Å². The number of ether oxygens (including phenoxy) is 1. The minimum absolute atomic E-state index is 0.0797. The molecule has 146 valence electrons. The molecular weight excluding hydrogens is 370 g/mol. The summed E-state index contributed by atoms with van der Waals surface area (Å²) in [6.45, 7) is 2.62. The van der Waals surface area contributed by atoms with Crippen molar-refractivity contribution in [2.24, 2.45) is 10.2 Å². The summed E-state index contributed by atoms with van der Waals surface area (Å²) in [6, 6.07) is 17.6. The number of amidine groups is 1. The summed E-state index contributed by atoms with van der Waals surface area (Å²) in [6.07, 6.45) is 4.67. The number of nitrogens with zero attached hydrogens (tertiary/aromatic N) is 3. The first-order valence-corrected chi connectivity index (χ1v) is 10.4. The van der Waals surface area contributed by atoms with E-state index >= 15 is 0 Å². The monoisotopic (exact) mass is 395 g/mol. The number of amides is 1. The third-order valence-corrected chi connectivity index (χ3v) is 5.72. The topological polar surface area (TPSA) is 54.3 Å². The van der Waals surface area contributed by atoms with Gasteiger partial charge in [0.2, 0.25) is 5.91 Å². The molecule has 6 heteroatoms.